The van der Waals surface area contributed by atoms with Gasteiger partial charge in [-0.05, 0) is 16.8 Å². The van der Waals surface area contributed by atoms with Crippen LogP contribution in [0.5, 0.6) is 0 Å². The molecular formula is C10H8OS3. The first kappa shape index (κ1) is 10.2. The number of hydrogen-bond acceptors (Lipinski definition) is 4. The molecule has 0 aromatic heterocycles. The minimum absolute atomic E-state index is 0.684. The molecule has 0 heterocycles. The number of benzene rings is 2. The first-order chi connectivity index (χ1) is 6.74. The van der Waals surface area contributed by atoms with Gasteiger partial charge >= 0.3 is 0 Å². The molecule has 0 aliphatic rings. The van der Waals surface area contributed by atoms with E-state index in [0.29, 0.717) is 16.9 Å². The molecule has 2 rings (SSSR count). The Morgan fingerprint density at radius 1 is 1.14 bits per heavy atom. The molecule has 2 aromatic carbocycles. The van der Waals surface area contributed by atoms with Crippen LogP contribution in [-0.2, 0) is 0 Å². The molecule has 2 aromatic rings. The molecule has 0 saturated carbocycles. The van der Waals surface area contributed by atoms with Gasteiger partial charge in [0.15, 0.2) is 0 Å². The van der Waals surface area contributed by atoms with Crippen LogP contribution in [0.3, 0.4) is 0 Å². The highest BCUT2D eigenvalue weighted by Crippen LogP contribution is 2.36. The van der Waals surface area contributed by atoms with Crippen LogP contribution in [0, 0.1) is 0 Å². The minimum Gasteiger partial charge on any atom is -0.325 e. The third kappa shape index (κ3) is 1.63. The molecule has 72 valence electrons. The first-order valence-corrected chi connectivity index (χ1v) is 5.66. The number of fused-ring (bicyclic) bond motifs is 1. The van der Waals surface area contributed by atoms with Gasteiger partial charge in [-0.1, -0.05) is 24.3 Å². The average molecular weight is 240 g/mol. The second kappa shape index (κ2) is 4.06. The zero-order chi connectivity index (χ0) is 10.1. The summed E-state index contributed by atoms with van der Waals surface area (Å²) in [7, 11) is 0. The number of rotatable bonds is 1. The zero-order valence-electron chi connectivity index (χ0n) is 7.14. The Kier molecular flexibility index (Phi) is 2.97. The largest absolute Gasteiger partial charge is 0.325 e. The van der Waals surface area contributed by atoms with Crippen LogP contribution in [0.2, 0.25) is 0 Å². The Balaban J connectivity index is 2.86. The Bertz CT molecular complexity index is 482. The van der Waals surface area contributed by atoms with Crippen LogP contribution in [0.1, 0.15) is 0 Å². The molecule has 14 heavy (non-hydrogen) atoms. The standard InChI is InChI=1S/C10H8OS3/c11-14-10-8(12)5-6-3-1-2-4-7(6)9(10)13/h1-5,11-13H. The van der Waals surface area contributed by atoms with Gasteiger partial charge in [-0.2, -0.15) is 0 Å². The van der Waals surface area contributed by atoms with Gasteiger partial charge in [-0.3, -0.25) is 0 Å². The van der Waals surface area contributed by atoms with Crippen LogP contribution in [0.4, 0.5) is 0 Å². The maximum Gasteiger partial charge on any atom is 0.0623 e. The van der Waals surface area contributed by atoms with Gasteiger partial charge in [0.1, 0.15) is 0 Å². The summed E-state index contributed by atoms with van der Waals surface area (Å²) >= 11 is 9.36. The quantitative estimate of drug-likeness (QED) is 0.518. The van der Waals surface area contributed by atoms with Gasteiger partial charge in [0.25, 0.3) is 0 Å². The normalized spacial score (nSPS) is 10.8. The lowest BCUT2D eigenvalue weighted by Gasteiger charge is -2.08. The van der Waals surface area contributed by atoms with E-state index >= 15 is 0 Å². The van der Waals surface area contributed by atoms with Crippen LogP contribution in [0.15, 0.2) is 45.0 Å². The topological polar surface area (TPSA) is 20.2 Å². The second-order valence-corrected chi connectivity index (χ2v) is 4.41. The molecule has 0 aliphatic heterocycles. The van der Waals surface area contributed by atoms with Crippen molar-refractivity contribution < 1.29 is 4.55 Å². The zero-order valence-corrected chi connectivity index (χ0v) is 9.74. The number of hydrogen-bond donors (Lipinski definition) is 3. The fraction of sp³-hybridized carbons (Fsp3) is 0. The van der Waals surface area contributed by atoms with Crippen molar-refractivity contribution in [1.82, 2.24) is 0 Å². The van der Waals surface area contributed by atoms with E-state index in [1.807, 2.05) is 30.3 Å². The predicted molar refractivity (Wildman–Crippen MR) is 66.9 cm³/mol. The molecule has 0 saturated heterocycles. The number of thiol groups is 2. The monoisotopic (exact) mass is 240 g/mol. The Morgan fingerprint density at radius 2 is 1.86 bits per heavy atom. The molecule has 0 atom stereocenters. The van der Waals surface area contributed by atoms with E-state index in [-0.39, 0.29) is 0 Å². The second-order valence-electron chi connectivity index (χ2n) is 2.89. The summed E-state index contributed by atoms with van der Waals surface area (Å²) in [5.41, 5.74) is 0. The third-order valence-electron chi connectivity index (χ3n) is 2.05. The van der Waals surface area contributed by atoms with Gasteiger partial charge in [0.05, 0.1) is 4.90 Å². The maximum atomic E-state index is 9.08. The Morgan fingerprint density at radius 3 is 2.57 bits per heavy atom. The smallest absolute Gasteiger partial charge is 0.0623 e. The van der Waals surface area contributed by atoms with Crippen LogP contribution in [0.25, 0.3) is 10.8 Å². The molecule has 1 N–H and O–H groups in total. The van der Waals surface area contributed by atoms with Crippen molar-refractivity contribution in [2.45, 2.75) is 14.7 Å². The van der Waals surface area contributed by atoms with E-state index in [1.165, 1.54) is 0 Å². The lowest BCUT2D eigenvalue weighted by molar-refractivity contribution is 0.660. The molecule has 0 bridgehead atoms. The lowest BCUT2D eigenvalue weighted by Crippen LogP contribution is -1.82. The van der Waals surface area contributed by atoms with Crippen molar-refractivity contribution >= 4 is 48.1 Å². The predicted octanol–water partition coefficient (Wildman–Crippen LogP) is 3.98. The van der Waals surface area contributed by atoms with Crippen molar-refractivity contribution in [1.29, 1.82) is 0 Å². The van der Waals surface area contributed by atoms with Gasteiger partial charge in [-0.15, -0.1) is 25.3 Å². The third-order valence-corrected chi connectivity index (χ3v) is 3.77. The van der Waals surface area contributed by atoms with E-state index in [1.54, 1.807) is 0 Å². The summed E-state index contributed by atoms with van der Waals surface area (Å²) in [6.07, 6.45) is 0. The van der Waals surface area contributed by atoms with Crippen LogP contribution < -0.4 is 0 Å². The molecule has 0 spiro atoms. The maximum absolute atomic E-state index is 9.08. The summed E-state index contributed by atoms with van der Waals surface area (Å²) in [5.74, 6) is 0. The van der Waals surface area contributed by atoms with E-state index < -0.39 is 0 Å². The van der Waals surface area contributed by atoms with Crippen molar-refractivity contribution in [3.8, 4) is 0 Å². The van der Waals surface area contributed by atoms with Crippen molar-refractivity contribution in [3.63, 3.8) is 0 Å². The van der Waals surface area contributed by atoms with Gasteiger partial charge in [0, 0.05) is 21.8 Å². The highest BCUT2D eigenvalue weighted by molar-refractivity contribution is 7.95. The van der Waals surface area contributed by atoms with Crippen LogP contribution in [-0.4, -0.2) is 4.55 Å². The summed E-state index contributed by atoms with van der Waals surface area (Å²) < 4.78 is 9.08. The Hall–Kier alpha value is -0.290. The molecule has 4 heteroatoms. The van der Waals surface area contributed by atoms with E-state index in [0.717, 1.165) is 20.6 Å². The summed E-state index contributed by atoms with van der Waals surface area (Å²) in [5, 5.41) is 2.12. The summed E-state index contributed by atoms with van der Waals surface area (Å²) in [4.78, 5) is 2.23. The van der Waals surface area contributed by atoms with E-state index in [9.17, 15) is 0 Å². The van der Waals surface area contributed by atoms with Crippen LogP contribution >= 0.6 is 37.3 Å². The molecule has 0 amide bonds. The highest BCUT2D eigenvalue weighted by Gasteiger charge is 2.08. The van der Waals surface area contributed by atoms with Crippen molar-refractivity contribution in [3.05, 3.63) is 30.3 Å². The molecule has 0 radical (unpaired) electrons. The average Bonchev–Trinajstić information content (AvgIpc) is 2.18. The molecule has 0 unspecified atom stereocenters. The first-order valence-electron chi connectivity index (χ1n) is 3.99. The fourth-order valence-electron chi connectivity index (χ4n) is 1.38. The molecular weight excluding hydrogens is 232 g/mol. The fourth-order valence-corrected chi connectivity index (χ4v) is 2.64. The lowest BCUT2D eigenvalue weighted by atomic mass is 10.1. The summed E-state index contributed by atoms with van der Waals surface area (Å²) in [6.45, 7) is 0. The molecule has 1 nitrogen and oxygen atoms in total. The van der Waals surface area contributed by atoms with E-state index in [4.69, 9.17) is 4.55 Å². The van der Waals surface area contributed by atoms with Crippen molar-refractivity contribution in [2.75, 3.05) is 0 Å². The van der Waals surface area contributed by atoms with E-state index in [2.05, 4.69) is 25.3 Å². The highest BCUT2D eigenvalue weighted by atomic mass is 32.2. The molecule has 0 aliphatic carbocycles. The van der Waals surface area contributed by atoms with Crippen molar-refractivity contribution in [2.24, 2.45) is 0 Å². The minimum atomic E-state index is 0.684. The van der Waals surface area contributed by atoms with Gasteiger partial charge in [-0.25, -0.2) is 0 Å². The SMILES string of the molecule is OSc1c(S)cc2ccccc2c1S. The molecule has 0 fully saturated rings. The Labute approximate surface area is 97.5 Å². The summed E-state index contributed by atoms with van der Waals surface area (Å²) in [6, 6.07) is 9.82. The van der Waals surface area contributed by atoms with Gasteiger partial charge in [0.2, 0.25) is 0 Å². The van der Waals surface area contributed by atoms with Gasteiger partial charge < -0.3 is 4.55 Å².